The molecule has 0 fully saturated rings. The van der Waals surface area contributed by atoms with Crippen LogP contribution in [0.3, 0.4) is 0 Å². The minimum absolute atomic E-state index is 0.311. The van der Waals surface area contributed by atoms with Crippen LogP contribution >= 0.6 is 0 Å². The summed E-state index contributed by atoms with van der Waals surface area (Å²) in [6.45, 7) is 0. The van der Waals surface area contributed by atoms with E-state index >= 15 is 0 Å². The molecule has 1 amide bonds. The average molecular weight is 284 g/mol. The summed E-state index contributed by atoms with van der Waals surface area (Å²) in [5.41, 5.74) is 3.66. The average Bonchev–Trinajstić information content (AvgIpc) is 2.38. The van der Waals surface area contributed by atoms with Crippen molar-refractivity contribution in [1.29, 1.82) is 0 Å². The molecular formula is C13H8F4N2O. The van der Waals surface area contributed by atoms with Gasteiger partial charge in [-0.15, -0.1) is 0 Å². The first-order valence-corrected chi connectivity index (χ1v) is 5.39. The molecule has 0 aliphatic rings. The normalized spacial score (nSPS) is 10.4. The first-order chi connectivity index (χ1) is 9.38. The van der Waals surface area contributed by atoms with E-state index in [1.54, 1.807) is 0 Å². The van der Waals surface area contributed by atoms with Gasteiger partial charge in [0.2, 0.25) is 0 Å². The number of nitrogen functional groups attached to an aromatic ring is 1. The molecule has 0 aliphatic heterocycles. The van der Waals surface area contributed by atoms with Gasteiger partial charge in [-0.1, -0.05) is 0 Å². The molecule has 0 heterocycles. The summed E-state index contributed by atoms with van der Waals surface area (Å²) >= 11 is 0. The van der Waals surface area contributed by atoms with Crippen LogP contribution in [0, 0.1) is 23.3 Å². The van der Waals surface area contributed by atoms with Crippen LogP contribution in [0.5, 0.6) is 0 Å². The van der Waals surface area contributed by atoms with Crippen LogP contribution in [0.4, 0.5) is 28.9 Å². The molecule has 0 aliphatic carbocycles. The second-order valence-corrected chi connectivity index (χ2v) is 3.93. The van der Waals surface area contributed by atoms with Crippen LogP contribution < -0.4 is 11.1 Å². The molecular weight excluding hydrogens is 276 g/mol. The molecule has 3 N–H and O–H groups in total. The molecule has 0 bridgehead atoms. The van der Waals surface area contributed by atoms with E-state index in [1.807, 2.05) is 0 Å². The predicted octanol–water partition coefficient (Wildman–Crippen LogP) is 3.08. The third kappa shape index (κ3) is 2.71. The van der Waals surface area contributed by atoms with Gasteiger partial charge in [-0.3, -0.25) is 4.79 Å². The Bertz CT molecular complexity index is 665. The fourth-order valence-electron chi connectivity index (χ4n) is 1.50. The highest BCUT2D eigenvalue weighted by atomic mass is 19.1. The van der Waals surface area contributed by atoms with Crippen LogP contribution in [0.15, 0.2) is 30.3 Å². The van der Waals surface area contributed by atoms with Gasteiger partial charge in [-0.2, -0.15) is 0 Å². The van der Waals surface area contributed by atoms with E-state index in [-0.39, 0.29) is 11.3 Å². The number of hydrogen-bond acceptors (Lipinski definition) is 2. The Morgan fingerprint density at radius 1 is 0.950 bits per heavy atom. The van der Waals surface area contributed by atoms with Crippen molar-refractivity contribution in [3.8, 4) is 0 Å². The van der Waals surface area contributed by atoms with Crippen molar-refractivity contribution >= 4 is 17.3 Å². The SMILES string of the molecule is Nc1c(F)cc(C(=O)Nc2ccc(F)cc2F)cc1F. The topological polar surface area (TPSA) is 55.1 Å². The number of rotatable bonds is 2. The molecule has 104 valence electrons. The molecule has 0 saturated carbocycles. The van der Waals surface area contributed by atoms with Crippen molar-refractivity contribution in [3.05, 3.63) is 59.2 Å². The van der Waals surface area contributed by atoms with E-state index < -0.39 is 34.9 Å². The van der Waals surface area contributed by atoms with Crippen molar-refractivity contribution in [2.24, 2.45) is 0 Å². The Balaban J connectivity index is 2.28. The number of hydrogen-bond donors (Lipinski definition) is 2. The maximum absolute atomic E-state index is 13.3. The molecule has 0 spiro atoms. The smallest absolute Gasteiger partial charge is 0.255 e. The van der Waals surface area contributed by atoms with E-state index in [0.717, 1.165) is 24.3 Å². The van der Waals surface area contributed by atoms with E-state index in [0.29, 0.717) is 6.07 Å². The largest absolute Gasteiger partial charge is 0.394 e. The van der Waals surface area contributed by atoms with Gasteiger partial charge < -0.3 is 11.1 Å². The molecule has 2 rings (SSSR count). The van der Waals surface area contributed by atoms with Gasteiger partial charge in [0.1, 0.15) is 29.0 Å². The zero-order valence-corrected chi connectivity index (χ0v) is 9.88. The number of halogens is 4. The lowest BCUT2D eigenvalue weighted by Gasteiger charge is -2.08. The van der Waals surface area contributed by atoms with Crippen molar-refractivity contribution in [2.45, 2.75) is 0 Å². The summed E-state index contributed by atoms with van der Waals surface area (Å²) in [5, 5.41) is 2.07. The quantitative estimate of drug-likeness (QED) is 0.657. The Morgan fingerprint density at radius 2 is 1.55 bits per heavy atom. The molecule has 3 nitrogen and oxygen atoms in total. The molecule has 0 unspecified atom stereocenters. The van der Waals surface area contributed by atoms with Crippen LogP contribution in [0.2, 0.25) is 0 Å². The van der Waals surface area contributed by atoms with Crippen molar-refractivity contribution in [1.82, 2.24) is 0 Å². The second-order valence-electron chi connectivity index (χ2n) is 3.93. The van der Waals surface area contributed by atoms with Gasteiger partial charge in [0.05, 0.1) is 5.69 Å². The zero-order chi connectivity index (χ0) is 14.9. The predicted molar refractivity (Wildman–Crippen MR) is 65.1 cm³/mol. The Kier molecular flexibility index (Phi) is 3.60. The molecule has 0 atom stereocenters. The molecule has 2 aromatic carbocycles. The lowest BCUT2D eigenvalue weighted by Crippen LogP contribution is -2.14. The highest BCUT2D eigenvalue weighted by Crippen LogP contribution is 2.20. The fourth-order valence-corrected chi connectivity index (χ4v) is 1.50. The van der Waals surface area contributed by atoms with E-state index in [1.165, 1.54) is 0 Å². The summed E-state index contributed by atoms with van der Waals surface area (Å²) < 4.78 is 52.4. The number of nitrogens with one attached hydrogen (secondary N) is 1. The molecule has 0 saturated heterocycles. The number of anilines is 2. The highest BCUT2D eigenvalue weighted by Gasteiger charge is 2.15. The number of carbonyl (C=O) groups excluding carboxylic acids is 1. The molecule has 2 aromatic rings. The summed E-state index contributed by atoms with van der Waals surface area (Å²) in [7, 11) is 0. The van der Waals surface area contributed by atoms with Crippen molar-refractivity contribution in [2.75, 3.05) is 11.1 Å². The van der Waals surface area contributed by atoms with Gasteiger partial charge in [-0.05, 0) is 24.3 Å². The number of benzene rings is 2. The molecule has 0 aromatic heterocycles. The minimum Gasteiger partial charge on any atom is -0.394 e. The standard InChI is InChI=1S/C13H8F4N2O/c14-7-1-2-11(8(15)5-7)19-13(20)6-3-9(16)12(18)10(17)4-6/h1-5H,18H2,(H,19,20). The van der Waals surface area contributed by atoms with Crippen LogP contribution in [-0.4, -0.2) is 5.91 Å². The molecule has 20 heavy (non-hydrogen) atoms. The monoisotopic (exact) mass is 284 g/mol. The fraction of sp³-hybridized carbons (Fsp3) is 0. The maximum Gasteiger partial charge on any atom is 0.255 e. The number of carbonyl (C=O) groups is 1. The minimum atomic E-state index is -1.10. The van der Waals surface area contributed by atoms with Gasteiger partial charge in [-0.25, -0.2) is 17.6 Å². The molecule has 0 radical (unpaired) electrons. The summed E-state index contributed by atoms with van der Waals surface area (Å²) in [5.74, 6) is -4.97. The van der Waals surface area contributed by atoms with Gasteiger partial charge in [0, 0.05) is 11.6 Å². The Morgan fingerprint density at radius 3 is 2.10 bits per heavy atom. The van der Waals surface area contributed by atoms with E-state index in [4.69, 9.17) is 5.73 Å². The lowest BCUT2D eigenvalue weighted by atomic mass is 10.1. The van der Waals surface area contributed by atoms with E-state index in [2.05, 4.69) is 5.32 Å². The van der Waals surface area contributed by atoms with Crippen LogP contribution in [0.25, 0.3) is 0 Å². The van der Waals surface area contributed by atoms with Gasteiger partial charge in [0.15, 0.2) is 0 Å². The van der Waals surface area contributed by atoms with Crippen LogP contribution in [-0.2, 0) is 0 Å². The van der Waals surface area contributed by atoms with Crippen molar-refractivity contribution < 1.29 is 22.4 Å². The summed E-state index contributed by atoms with van der Waals surface area (Å²) in [4.78, 5) is 11.7. The third-order valence-corrected chi connectivity index (χ3v) is 2.52. The second kappa shape index (κ2) is 5.20. The first-order valence-electron chi connectivity index (χ1n) is 5.39. The number of amides is 1. The zero-order valence-electron chi connectivity index (χ0n) is 9.88. The maximum atomic E-state index is 13.3. The van der Waals surface area contributed by atoms with Gasteiger partial charge in [0.25, 0.3) is 5.91 Å². The highest BCUT2D eigenvalue weighted by molar-refractivity contribution is 6.04. The van der Waals surface area contributed by atoms with Crippen molar-refractivity contribution in [3.63, 3.8) is 0 Å². The van der Waals surface area contributed by atoms with E-state index in [9.17, 15) is 22.4 Å². The Labute approximate surface area is 111 Å². The first kappa shape index (κ1) is 13.9. The number of nitrogens with two attached hydrogens (primary N) is 1. The molecule has 7 heteroatoms. The third-order valence-electron chi connectivity index (χ3n) is 2.52. The lowest BCUT2D eigenvalue weighted by molar-refractivity contribution is 0.102. The Hall–Kier alpha value is -2.57. The summed E-state index contributed by atoms with van der Waals surface area (Å²) in [6.07, 6.45) is 0. The van der Waals surface area contributed by atoms with Gasteiger partial charge >= 0.3 is 0 Å². The van der Waals surface area contributed by atoms with Crippen LogP contribution in [0.1, 0.15) is 10.4 Å². The summed E-state index contributed by atoms with van der Waals surface area (Å²) in [6, 6.07) is 3.93.